The number of nitrogens with zero attached hydrogens (tertiary/aromatic N) is 1. The lowest BCUT2D eigenvalue weighted by Gasteiger charge is -2.00. The molecular weight excluding hydrogens is 239 g/mol. The largest absolute Gasteiger partial charge is 0.476 e. The van der Waals surface area contributed by atoms with Crippen molar-refractivity contribution in [3.05, 3.63) is 41.3 Å². The number of rotatable bonds is 2. The van der Waals surface area contributed by atoms with E-state index in [1.165, 1.54) is 0 Å². The number of carbonyl (C=O) groups is 1. The van der Waals surface area contributed by atoms with E-state index in [0.717, 1.165) is 6.07 Å². The van der Waals surface area contributed by atoms with Gasteiger partial charge < -0.3 is 9.63 Å². The molecule has 4 nitrogen and oxygen atoms in total. The van der Waals surface area contributed by atoms with Crippen LogP contribution in [0.25, 0.3) is 11.3 Å². The van der Waals surface area contributed by atoms with E-state index in [1.54, 1.807) is 0 Å². The van der Waals surface area contributed by atoms with E-state index in [0.29, 0.717) is 12.1 Å². The molecule has 0 unspecified atom stereocenters. The first kappa shape index (κ1) is 11.2. The molecule has 0 aliphatic rings. The highest BCUT2D eigenvalue weighted by atomic mass is 19.1. The lowest BCUT2D eigenvalue weighted by Crippen LogP contribution is -1.95. The maximum Gasteiger partial charge on any atom is 0.358 e. The number of benzene rings is 1. The molecule has 0 aliphatic heterocycles. The average Bonchev–Trinajstić information content (AvgIpc) is 2.65. The standard InChI is InChI=1S/C10H4F3NO3/c11-4-1-5(12)9(6(13)2-4)8-3-7(10(15)16)14-17-8/h1-3H,(H,15,16). The van der Waals surface area contributed by atoms with Gasteiger partial charge in [0.1, 0.15) is 17.5 Å². The Kier molecular flexibility index (Phi) is 2.58. The first-order valence-corrected chi connectivity index (χ1v) is 4.34. The van der Waals surface area contributed by atoms with E-state index in [4.69, 9.17) is 5.11 Å². The molecule has 17 heavy (non-hydrogen) atoms. The van der Waals surface area contributed by atoms with Gasteiger partial charge in [-0.2, -0.15) is 0 Å². The normalized spacial score (nSPS) is 10.5. The Morgan fingerprint density at radius 1 is 1.18 bits per heavy atom. The number of carboxylic acids is 1. The van der Waals surface area contributed by atoms with Crippen LogP contribution in [0.5, 0.6) is 0 Å². The van der Waals surface area contributed by atoms with Crippen LogP contribution in [0.4, 0.5) is 13.2 Å². The Hall–Kier alpha value is -2.31. The molecule has 1 aromatic heterocycles. The third-order valence-corrected chi connectivity index (χ3v) is 1.98. The minimum Gasteiger partial charge on any atom is -0.476 e. The first-order valence-electron chi connectivity index (χ1n) is 4.34. The summed E-state index contributed by atoms with van der Waals surface area (Å²) in [6.45, 7) is 0. The van der Waals surface area contributed by atoms with Crippen LogP contribution in [0, 0.1) is 17.5 Å². The van der Waals surface area contributed by atoms with Crippen LogP contribution >= 0.6 is 0 Å². The minimum atomic E-state index is -1.40. The van der Waals surface area contributed by atoms with Crippen molar-refractivity contribution < 1.29 is 27.6 Å². The lowest BCUT2D eigenvalue weighted by atomic mass is 10.1. The Labute approximate surface area is 92.3 Å². The molecule has 0 aliphatic carbocycles. The fourth-order valence-electron chi connectivity index (χ4n) is 1.27. The van der Waals surface area contributed by atoms with Gasteiger partial charge >= 0.3 is 5.97 Å². The Morgan fingerprint density at radius 2 is 1.76 bits per heavy atom. The molecule has 2 aromatic rings. The summed E-state index contributed by atoms with van der Waals surface area (Å²) in [7, 11) is 0. The molecule has 0 saturated heterocycles. The van der Waals surface area contributed by atoms with Crippen LogP contribution in [-0.2, 0) is 0 Å². The summed E-state index contributed by atoms with van der Waals surface area (Å²) < 4.78 is 43.7. The fraction of sp³-hybridized carbons (Fsp3) is 0. The zero-order chi connectivity index (χ0) is 12.6. The van der Waals surface area contributed by atoms with Gasteiger partial charge in [0, 0.05) is 18.2 Å². The summed E-state index contributed by atoms with van der Waals surface area (Å²) in [5.74, 6) is -5.30. The van der Waals surface area contributed by atoms with Crippen LogP contribution in [0.2, 0.25) is 0 Å². The van der Waals surface area contributed by atoms with Crippen molar-refractivity contribution in [2.24, 2.45) is 0 Å². The smallest absolute Gasteiger partial charge is 0.358 e. The molecule has 2 rings (SSSR count). The molecule has 7 heteroatoms. The molecule has 0 spiro atoms. The summed E-state index contributed by atoms with van der Waals surface area (Å²) in [6.07, 6.45) is 0. The van der Waals surface area contributed by atoms with Gasteiger partial charge in [0.15, 0.2) is 11.5 Å². The monoisotopic (exact) mass is 243 g/mol. The molecule has 0 bridgehead atoms. The second-order valence-electron chi connectivity index (χ2n) is 3.13. The van der Waals surface area contributed by atoms with Crippen LogP contribution in [0.1, 0.15) is 10.5 Å². The van der Waals surface area contributed by atoms with Crippen molar-refractivity contribution in [3.63, 3.8) is 0 Å². The van der Waals surface area contributed by atoms with Crippen molar-refractivity contribution in [1.82, 2.24) is 5.16 Å². The third kappa shape index (κ3) is 1.99. The molecule has 0 amide bonds. The number of hydrogen-bond acceptors (Lipinski definition) is 3. The van der Waals surface area contributed by atoms with Crippen molar-refractivity contribution in [2.75, 3.05) is 0 Å². The van der Waals surface area contributed by atoms with Gasteiger partial charge in [0.25, 0.3) is 0 Å². The van der Waals surface area contributed by atoms with Gasteiger partial charge in [0.05, 0.1) is 5.56 Å². The predicted octanol–water partition coefficient (Wildman–Crippen LogP) is 2.46. The first-order chi connectivity index (χ1) is 7.99. The summed E-state index contributed by atoms with van der Waals surface area (Å²) in [5, 5.41) is 11.7. The molecule has 1 aromatic carbocycles. The molecule has 0 saturated carbocycles. The van der Waals surface area contributed by atoms with Crippen molar-refractivity contribution >= 4 is 5.97 Å². The lowest BCUT2D eigenvalue weighted by molar-refractivity contribution is 0.0686. The van der Waals surface area contributed by atoms with Crippen LogP contribution < -0.4 is 0 Å². The van der Waals surface area contributed by atoms with Crippen molar-refractivity contribution in [2.45, 2.75) is 0 Å². The summed E-state index contributed by atoms with van der Waals surface area (Å²) in [4.78, 5) is 10.5. The zero-order valence-corrected chi connectivity index (χ0v) is 8.08. The second-order valence-corrected chi connectivity index (χ2v) is 3.13. The highest BCUT2D eigenvalue weighted by molar-refractivity contribution is 5.86. The van der Waals surface area contributed by atoms with Crippen LogP contribution in [-0.4, -0.2) is 16.2 Å². The molecular formula is C10H4F3NO3. The molecule has 88 valence electrons. The minimum absolute atomic E-state index is 0.419. The van der Waals surface area contributed by atoms with Crippen LogP contribution in [0.3, 0.4) is 0 Å². The number of halogens is 3. The van der Waals surface area contributed by atoms with Gasteiger partial charge in [-0.1, -0.05) is 5.16 Å². The van der Waals surface area contributed by atoms with Gasteiger partial charge in [-0.3, -0.25) is 0 Å². The fourth-order valence-corrected chi connectivity index (χ4v) is 1.27. The van der Waals surface area contributed by atoms with Crippen LogP contribution in [0.15, 0.2) is 22.7 Å². The average molecular weight is 243 g/mol. The Bertz CT molecular complexity index is 571. The van der Waals surface area contributed by atoms with E-state index in [2.05, 4.69) is 9.68 Å². The van der Waals surface area contributed by atoms with Gasteiger partial charge in [-0.15, -0.1) is 0 Å². The van der Waals surface area contributed by atoms with E-state index >= 15 is 0 Å². The topological polar surface area (TPSA) is 63.3 Å². The summed E-state index contributed by atoms with van der Waals surface area (Å²) >= 11 is 0. The van der Waals surface area contributed by atoms with Crippen molar-refractivity contribution in [1.29, 1.82) is 0 Å². The Morgan fingerprint density at radius 3 is 2.24 bits per heavy atom. The Balaban J connectivity index is 2.56. The number of aromatic carboxylic acids is 1. The zero-order valence-electron chi connectivity index (χ0n) is 8.08. The summed E-state index contributed by atoms with van der Waals surface area (Å²) in [6, 6.07) is 1.77. The van der Waals surface area contributed by atoms with E-state index in [-0.39, 0.29) is 0 Å². The number of carboxylic acid groups (broad SMARTS) is 1. The molecule has 0 fully saturated rings. The third-order valence-electron chi connectivity index (χ3n) is 1.98. The number of aromatic nitrogens is 1. The molecule has 0 radical (unpaired) electrons. The maximum absolute atomic E-state index is 13.3. The molecule has 1 N–H and O–H groups in total. The highest BCUT2D eigenvalue weighted by Gasteiger charge is 2.19. The second kappa shape index (κ2) is 3.93. The molecule has 0 atom stereocenters. The van der Waals surface area contributed by atoms with Gasteiger partial charge in [-0.05, 0) is 0 Å². The van der Waals surface area contributed by atoms with E-state index in [1.807, 2.05) is 0 Å². The van der Waals surface area contributed by atoms with Gasteiger partial charge in [0.2, 0.25) is 0 Å². The quantitative estimate of drug-likeness (QED) is 0.879. The molecule has 1 heterocycles. The SMILES string of the molecule is O=C(O)c1cc(-c2c(F)cc(F)cc2F)on1. The van der Waals surface area contributed by atoms with Crippen molar-refractivity contribution in [3.8, 4) is 11.3 Å². The van der Waals surface area contributed by atoms with E-state index < -0.39 is 40.4 Å². The maximum atomic E-state index is 13.3. The predicted molar refractivity (Wildman–Crippen MR) is 48.8 cm³/mol. The highest BCUT2D eigenvalue weighted by Crippen LogP contribution is 2.27. The van der Waals surface area contributed by atoms with E-state index in [9.17, 15) is 18.0 Å². The summed E-state index contributed by atoms with van der Waals surface area (Å²) in [5.41, 5.74) is -1.16. The number of hydrogen-bond donors (Lipinski definition) is 1. The van der Waals surface area contributed by atoms with Gasteiger partial charge in [-0.25, -0.2) is 18.0 Å².